The summed E-state index contributed by atoms with van der Waals surface area (Å²) in [6, 6.07) is 9.73. The third kappa shape index (κ3) is 3.88. The molecule has 1 saturated heterocycles. The second-order valence-electron chi connectivity index (χ2n) is 5.31. The van der Waals surface area contributed by atoms with Gasteiger partial charge in [0, 0.05) is 18.7 Å². The van der Waals surface area contributed by atoms with Crippen LogP contribution in [-0.4, -0.2) is 39.8 Å². The van der Waals surface area contributed by atoms with Gasteiger partial charge in [0.05, 0.1) is 11.5 Å². The summed E-state index contributed by atoms with van der Waals surface area (Å²) in [5.74, 6) is 2.42. The van der Waals surface area contributed by atoms with Crippen molar-refractivity contribution in [1.82, 2.24) is 15.0 Å². The third-order valence-electron chi connectivity index (χ3n) is 3.66. The molecule has 0 N–H and O–H groups in total. The molecule has 0 aliphatic carbocycles. The fraction of sp³-hybridized carbons (Fsp3) is 0.438. The van der Waals surface area contributed by atoms with Crippen LogP contribution in [0.5, 0.6) is 0 Å². The Labute approximate surface area is 134 Å². The number of piperidine rings is 1. The van der Waals surface area contributed by atoms with Gasteiger partial charge in [-0.2, -0.15) is 4.98 Å². The van der Waals surface area contributed by atoms with Gasteiger partial charge < -0.3 is 9.42 Å². The van der Waals surface area contributed by atoms with Crippen molar-refractivity contribution in [2.45, 2.75) is 25.0 Å². The van der Waals surface area contributed by atoms with Crippen LogP contribution in [0, 0.1) is 0 Å². The van der Waals surface area contributed by atoms with Gasteiger partial charge in [-0.15, -0.1) is 11.8 Å². The molecule has 1 fully saturated rings. The van der Waals surface area contributed by atoms with E-state index in [1.54, 1.807) is 0 Å². The lowest BCUT2D eigenvalue weighted by atomic mass is 10.1. The smallest absolute Gasteiger partial charge is 0.236 e. The third-order valence-corrected chi connectivity index (χ3v) is 4.56. The van der Waals surface area contributed by atoms with Gasteiger partial charge >= 0.3 is 0 Å². The molecule has 5 nitrogen and oxygen atoms in total. The van der Waals surface area contributed by atoms with Crippen molar-refractivity contribution >= 4 is 17.7 Å². The molecule has 1 aliphatic heterocycles. The predicted molar refractivity (Wildman–Crippen MR) is 86.3 cm³/mol. The molecule has 1 aliphatic rings. The van der Waals surface area contributed by atoms with Crippen molar-refractivity contribution in [1.29, 1.82) is 0 Å². The highest BCUT2D eigenvalue weighted by Gasteiger charge is 2.16. The Morgan fingerprint density at radius 2 is 1.95 bits per heavy atom. The summed E-state index contributed by atoms with van der Waals surface area (Å²) < 4.78 is 5.24. The molecule has 1 aromatic carbocycles. The minimum atomic E-state index is 0.215. The average molecular weight is 317 g/mol. The van der Waals surface area contributed by atoms with E-state index in [-0.39, 0.29) is 5.91 Å². The first-order valence-electron chi connectivity index (χ1n) is 7.56. The van der Waals surface area contributed by atoms with E-state index in [9.17, 15) is 4.79 Å². The van der Waals surface area contributed by atoms with E-state index in [1.165, 1.54) is 18.2 Å². The number of amides is 1. The summed E-state index contributed by atoms with van der Waals surface area (Å²) in [6.07, 6.45) is 3.49. The Bertz CT molecular complexity index is 609. The van der Waals surface area contributed by atoms with Crippen LogP contribution in [-0.2, 0) is 10.5 Å². The molecule has 2 aromatic rings. The van der Waals surface area contributed by atoms with Crippen molar-refractivity contribution in [2.24, 2.45) is 0 Å². The normalized spacial score (nSPS) is 15.0. The SMILES string of the molecule is O=C(CSCc1nc(-c2ccccc2)no1)N1CCCCC1. The van der Waals surface area contributed by atoms with Gasteiger partial charge in [-0.1, -0.05) is 35.5 Å². The molecular weight excluding hydrogens is 298 g/mol. The van der Waals surface area contributed by atoms with Gasteiger partial charge in [-0.25, -0.2) is 0 Å². The van der Waals surface area contributed by atoms with Crippen LogP contribution in [0.3, 0.4) is 0 Å². The maximum absolute atomic E-state index is 12.1. The zero-order valence-electron chi connectivity index (χ0n) is 12.4. The lowest BCUT2D eigenvalue weighted by Crippen LogP contribution is -2.36. The summed E-state index contributed by atoms with van der Waals surface area (Å²) in [4.78, 5) is 18.4. The molecule has 2 heterocycles. The van der Waals surface area contributed by atoms with E-state index in [2.05, 4.69) is 10.1 Å². The molecule has 0 saturated carbocycles. The summed E-state index contributed by atoms with van der Waals surface area (Å²) in [5, 5.41) is 3.98. The first kappa shape index (κ1) is 15.1. The number of nitrogens with zero attached hydrogens (tertiary/aromatic N) is 3. The van der Waals surface area contributed by atoms with Crippen LogP contribution in [0.2, 0.25) is 0 Å². The molecule has 1 aromatic heterocycles. The standard InChI is InChI=1S/C16H19N3O2S/c20-15(19-9-5-2-6-10-19)12-22-11-14-17-16(18-21-14)13-7-3-1-4-8-13/h1,3-4,7-8H,2,5-6,9-12H2. The van der Waals surface area contributed by atoms with E-state index in [1.807, 2.05) is 35.2 Å². The minimum absolute atomic E-state index is 0.215. The van der Waals surface area contributed by atoms with Crippen molar-refractivity contribution in [2.75, 3.05) is 18.8 Å². The monoisotopic (exact) mass is 317 g/mol. The number of aromatic nitrogens is 2. The molecule has 0 bridgehead atoms. The molecule has 3 rings (SSSR count). The predicted octanol–water partition coefficient (Wildman–Crippen LogP) is 2.98. The van der Waals surface area contributed by atoms with E-state index in [0.717, 1.165) is 31.5 Å². The number of hydrogen-bond acceptors (Lipinski definition) is 5. The largest absolute Gasteiger partial charge is 0.342 e. The average Bonchev–Trinajstić information content (AvgIpc) is 3.05. The Hall–Kier alpha value is -1.82. The highest BCUT2D eigenvalue weighted by Crippen LogP contribution is 2.18. The summed E-state index contributed by atoms with van der Waals surface area (Å²) in [6.45, 7) is 1.80. The van der Waals surface area contributed by atoms with E-state index >= 15 is 0 Å². The van der Waals surface area contributed by atoms with Gasteiger partial charge in [-0.3, -0.25) is 4.79 Å². The number of benzene rings is 1. The Kier molecular flexibility index (Phi) is 5.11. The Morgan fingerprint density at radius 3 is 2.73 bits per heavy atom. The van der Waals surface area contributed by atoms with Crippen molar-refractivity contribution in [3.8, 4) is 11.4 Å². The second-order valence-corrected chi connectivity index (χ2v) is 6.30. The maximum Gasteiger partial charge on any atom is 0.236 e. The zero-order valence-corrected chi connectivity index (χ0v) is 13.2. The number of thioether (sulfide) groups is 1. The quantitative estimate of drug-likeness (QED) is 0.848. The van der Waals surface area contributed by atoms with Gasteiger partial charge in [0.1, 0.15) is 0 Å². The fourth-order valence-corrected chi connectivity index (χ4v) is 3.23. The number of carbonyl (C=O) groups is 1. The number of hydrogen-bond donors (Lipinski definition) is 0. The highest BCUT2D eigenvalue weighted by molar-refractivity contribution is 7.99. The topological polar surface area (TPSA) is 59.2 Å². The van der Waals surface area contributed by atoms with Crippen molar-refractivity contribution in [3.63, 3.8) is 0 Å². The Balaban J connectivity index is 1.48. The molecule has 6 heteroatoms. The second kappa shape index (κ2) is 7.45. The molecule has 1 amide bonds. The molecular formula is C16H19N3O2S. The molecule has 0 atom stereocenters. The minimum Gasteiger partial charge on any atom is -0.342 e. The molecule has 0 spiro atoms. The number of rotatable bonds is 5. The first-order chi connectivity index (χ1) is 10.8. The zero-order chi connectivity index (χ0) is 15.2. The van der Waals surface area contributed by atoms with Crippen LogP contribution >= 0.6 is 11.8 Å². The highest BCUT2D eigenvalue weighted by atomic mass is 32.2. The first-order valence-corrected chi connectivity index (χ1v) is 8.72. The van der Waals surface area contributed by atoms with Gasteiger partial charge in [0.25, 0.3) is 0 Å². The van der Waals surface area contributed by atoms with Gasteiger partial charge in [-0.05, 0) is 19.3 Å². The van der Waals surface area contributed by atoms with Crippen LogP contribution in [0.1, 0.15) is 25.2 Å². The molecule has 0 radical (unpaired) electrons. The van der Waals surface area contributed by atoms with Gasteiger partial charge in [0.15, 0.2) is 0 Å². The Morgan fingerprint density at radius 1 is 1.18 bits per heavy atom. The van der Waals surface area contributed by atoms with Crippen LogP contribution in [0.15, 0.2) is 34.9 Å². The summed E-state index contributed by atoms with van der Waals surface area (Å²) in [7, 11) is 0. The molecule has 0 unspecified atom stereocenters. The fourth-order valence-electron chi connectivity index (χ4n) is 2.48. The number of carbonyl (C=O) groups excluding carboxylic acids is 1. The van der Waals surface area contributed by atoms with E-state index in [4.69, 9.17) is 4.52 Å². The summed E-state index contributed by atoms with van der Waals surface area (Å²) >= 11 is 1.53. The van der Waals surface area contributed by atoms with E-state index in [0.29, 0.717) is 23.2 Å². The summed E-state index contributed by atoms with van der Waals surface area (Å²) in [5.41, 5.74) is 0.937. The maximum atomic E-state index is 12.1. The molecule has 22 heavy (non-hydrogen) atoms. The van der Waals surface area contributed by atoms with Crippen LogP contribution < -0.4 is 0 Å². The number of likely N-dealkylation sites (tertiary alicyclic amines) is 1. The van der Waals surface area contributed by atoms with Crippen molar-refractivity contribution in [3.05, 3.63) is 36.2 Å². The molecule has 116 valence electrons. The van der Waals surface area contributed by atoms with Crippen LogP contribution in [0.25, 0.3) is 11.4 Å². The lowest BCUT2D eigenvalue weighted by Gasteiger charge is -2.26. The lowest BCUT2D eigenvalue weighted by molar-refractivity contribution is -0.129. The van der Waals surface area contributed by atoms with Crippen LogP contribution in [0.4, 0.5) is 0 Å². The van der Waals surface area contributed by atoms with Gasteiger partial charge in [0.2, 0.25) is 17.6 Å². The van der Waals surface area contributed by atoms with E-state index < -0.39 is 0 Å². The van der Waals surface area contributed by atoms with Crippen molar-refractivity contribution < 1.29 is 9.32 Å².